The number of allylic oxidation sites excluding steroid dienone is 1. The van der Waals surface area contributed by atoms with Crippen molar-refractivity contribution < 1.29 is 39.9 Å². The molecule has 0 spiro atoms. The predicted octanol–water partition coefficient (Wildman–Crippen LogP) is -2.15. The van der Waals surface area contributed by atoms with Gasteiger partial charge in [-0.3, -0.25) is 0 Å². The van der Waals surface area contributed by atoms with Crippen LogP contribution in [0.15, 0.2) is 11.6 Å². The molecular formula is C12H20O8. The highest BCUT2D eigenvalue weighted by molar-refractivity contribution is 5.97. The molecule has 0 aliphatic carbocycles. The number of ether oxygens (including phenoxy) is 1. The molecule has 0 rings (SSSR count). The Morgan fingerprint density at radius 2 is 1.70 bits per heavy atom. The summed E-state index contributed by atoms with van der Waals surface area (Å²) in [7, 11) is 0. The highest BCUT2D eigenvalue weighted by Crippen LogP contribution is 2.08. The molecule has 0 fully saturated rings. The van der Waals surface area contributed by atoms with Crippen molar-refractivity contribution in [2.24, 2.45) is 0 Å². The molecule has 0 saturated heterocycles. The van der Waals surface area contributed by atoms with E-state index in [0.717, 1.165) is 0 Å². The molecule has 20 heavy (non-hydrogen) atoms. The van der Waals surface area contributed by atoms with Gasteiger partial charge in [-0.05, 0) is 13.3 Å². The van der Waals surface area contributed by atoms with Crippen LogP contribution in [0, 0.1) is 0 Å². The van der Waals surface area contributed by atoms with E-state index in [4.69, 9.17) is 10.2 Å². The summed E-state index contributed by atoms with van der Waals surface area (Å²) in [5.41, 5.74) is 0.151. The van der Waals surface area contributed by atoms with Crippen molar-refractivity contribution in [2.45, 2.75) is 44.7 Å². The van der Waals surface area contributed by atoms with E-state index >= 15 is 0 Å². The van der Waals surface area contributed by atoms with Crippen molar-refractivity contribution in [1.82, 2.24) is 0 Å². The molecule has 0 amide bonds. The van der Waals surface area contributed by atoms with E-state index in [0.29, 0.717) is 6.42 Å². The number of hydrogen-bond donors (Lipinski definition) is 5. The minimum atomic E-state index is -2.23. The van der Waals surface area contributed by atoms with Gasteiger partial charge in [0.05, 0.1) is 6.61 Å². The van der Waals surface area contributed by atoms with Gasteiger partial charge in [-0.1, -0.05) is 13.0 Å². The molecule has 4 atom stereocenters. The summed E-state index contributed by atoms with van der Waals surface area (Å²) < 4.78 is 4.30. The predicted molar refractivity (Wildman–Crippen MR) is 66.3 cm³/mol. The van der Waals surface area contributed by atoms with Crippen molar-refractivity contribution in [3.8, 4) is 0 Å². The van der Waals surface area contributed by atoms with Crippen LogP contribution in [-0.4, -0.2) is 68.5 Å². The topological polar surface area (TPSA) is 145 Å². The van der Waals surface area contributed by atoms with E-state index in [2.05, 4.69) is 4.74 Å². The van der Waals surface area contributed by atoms with Crippen LogP contribution in [0.4, 0.5) is 0 Å². The maximum atomic E-state index is 11.4. The number of rotatable bonds is 7. The van der Waals surface area contributed by atoms with Crippen LogP contribution < -0.4 is 0 Å². The number of carbonyl (C=O) groups is 2. The zero-order valence-electron chi connectivity index (χ0n) is 11.3. The van der Waals surface area contributed by atoms with Gasteiger partial charge >= 0.3 is 11.9 Å². The average Bonchev–Trinajstić information content (AvgIpc) is 2.43. The zero-order valence-corrected chi connectivity index (χ0v) is 11.3. The van der Waals surface area contributed by atoms with Gasteiger partial charge in [0.25, 0.3) is 0 Å². The van der Waals surface area contributed by atoms with Gasteiger partial charge in [-0.15, -0.1) is 0 Å². The Bertz CT molecular complexity index is 364. The lowest BCUT2D eigenvalue weighted by molar-refractivity contribution is -0.175. The number of aliphatic hydroxyl groups is 5. The second-order valence-corrected chi connectivity index (χ2v) is 4.18. The Morgan fingerprint density at radius 3 is 2.15 bits per heavy atom. The quantitative estimate of drug-likeness (QED) is 0.203. The summed E-state index contributed by atoms with van der Waals surface area (Å²) in [6.07, 6.45) is -6.00. The first-order valence-electron chi connectivity index (χ1n) is 6.02. The number of hydrogen-bond acceptors (Lipinski definition) is 8. The maximum Gasteiger partial charge on any atom is 0.345 e. The summed E-state index contributed by atoms with van der Waals surface area (Å²) in [4.78, 5) is 22.8. The number of aliphatic hydroxyl groups excluding tert-OH is 5. The molecule has 8 nitrogen and oxygen atoms in total. The first-order valence-corrected chi connectivity index (χ1v) is 6.02. The standard InChI is InChI=1S/C12H20O8/c1-3-4-6(2)11(18)20-12(19)10(17)9(16)8(15)7(14)5-13/h4,7-10,13-17H,3,5H2,1-2H3/t7-,8-,9+,10-/m1/s1. The Balaban J connectivity index is 4.63. The van der Waals surface area contributed by atoms with E-state index < -0.39 is 43.0 Å². The summed E-state index contributed by atoms with van der Waals surface area (Å²) in [6, 6.07) is 0. The van der Waals surface area contributed by atoms with Crippen molar-refractivity contribution >= 4 is 11.9 Å². The second-order valence-electron chi connectivity index (χ2n) is 4.18. The number of esters is 2. The van der Waals surface area contributed by atoms with Gasteiger partial charge in [0.2, 0.25) is 0 Å². The van der Waals surface area contributed by atoms with E-state index in [9.17, 15) is 24.9 Å². The maximum absolute atomic E-state index is 11.4. The molecule has 5 N–H and O–H groups in total. The normalized spacial score (nSPS) is 18.1. The fourth-order valence-electron chi connectivity index (χ4n) is 1.28. The lowest BCUT2D eigenvalue weighted by atomic mass is 10.0. The van der Waals surface area contributed by atoms with Gasteiger partial charge in [0, 0.05) is 5.57 Å². The van der Waals surface area contributed by atoms with E-state index in [1.165, 1.54) is 13.0 Å². The molecule has 0 unspecified atom stereocenters. The fourth-order valence-corrected chi connectivity index (χ4v) is 1.28. The van der Waals surface area contributed by atoms with Crippen LogP contribution >= 0.6 is 0 Å². The molecule has 8 heteroatoms. The molecular weight excluding hydrogens is 272 g/mol. The third-order valence-corrected chi connectivity index (χ3v) is 2.52. The highest BCUT2D eigenvalue weighted by Gasteiger charge is 2.36. The van der Waals surface area contributed by atoms with Gasteiger partial charge in [-0.2, -0.15) is 0 Å². The average molecular weight is 292 g/mol. The van der Waals surface area contributed by atoms with Crippen LogP contribution in [0.1, 0.15) is 20.3 Å². The largest absolute Gasteiger partial charge is 0.394 e. The molecule has 0 aliphatic heterocycles. The molecule has 0 heterocycles. The minimum Gasteiger partial charge on any atom is -0.394 e. The smallest absolute Gasteiger partial charge is 0.345 e. The van der Waals surface area contributed by atoms with Crippen molar-refractivity contribution in [1.29, 1.82) is 0 Å². The number of carbonyl (C=O) groups excluding carboxylic acids is 2. The molecule has 0 saturated carbocycles. The molecule has 0 aliphatic rings. The van der Waals surface area contributed by atoms with Gasteiger partial charge in [-0.25, -0.2) is 9.59 Å². The van der Waals surface area contributed by atoms with E-state index in [-0.39, 0.29) is 5.57 Å². The van der Waals surface area contributed by atoms with Crippen LogP contribution in [0.2, 0.25) is 0 Å². The summed E-state index contributed by atoms with van der Waals surface area (Å²) in [5, 5.41) is 45.8. The van der Waals surface area contributed by atoms with E-state index in [1.54, 1.807) is 6.92 Å². The summed E-state index contributed by atoms with van der Waals surface area (Å²) in [6.45, 7) is 2.30. The highest BCUT2D eigenvalue weighted by atomic mass is 16.6. The molecule has 116 valence electrons. The van der Waals surface area contributed by atoms with Gasteiger partial charge in [0.1, 0.15) is 18.3 Å². The van der Waals surface area contributed by atoms with Gasteiger partial charge < -0.3 is 30.3 Å². The third kappa shape index (κ3) is 5.35. The lowest BCUT2D eigenvalue weighted by Crippen LogP contribution is -2.49. The monoisotopic (exact) mass is 292 g/mol. The molecule has 0 aromatic carbocycles. The van der Waals surface area contributed by atoms with Crippen LogP contribution in [0.3, 0.4) is 0 Å². The first kappa shape index (κ1) is 18.7. The zero-order chi connectivity index (χ0) is 15.9. The second kappa shape index (κ2) is 8.77. The van der Waals surface area contributed by atoms with Crippen LogP contribution in [-0.2, 0) is 14.3 Å². The SMILES string of the molecule is CCC=C(C)C(=O)OC(=O)[C@H](O)[C@@H](O)[C@H](O)[C@H](O)CO. The minimum absolute atomic E-state index is 0.151. The van der Waals surface area contributed by atoms with Gasteiger partial charge in [0.15, 0.2) is 6.10 Å². The van der Waals surface area contributed by atoms with E-state index in [1.807, 2.05) is 0 Å². The molecule has 0 radical (unpaired) electrons. The van der Waals surface area contributed by atoms with Crippen molar-refractivity contribution in [3.63, 3.8) is 0 Å². The Labute approximate surface area is 115 Å². The van der Waals surface area contributed by atoms with Crippen LogP contribution in [0.5, 0.6) is 0 Å². The molecule has 0 aromatic heterocycles. The Kier molecular flexibility index (Phi) is 8.19. The summed E-state index contributed by atoms with van der Waals surface area (Å²) in [5.74, 6) is -2.45. The van der Waals surface area contributed by atoms with Crippen molar-refractivity contribution in [2.75, 3.05) is 6.61 Å². The van der Waals surface area contributed by atoms with Crippen LogP contribution in [0.25, 0.3) is 0 Å². The Hall–Kier alpha value is -1.32. The summed E-state index contributed by atoms with van der Waals surface area (Å²) >= 11 is 0. The van der Waals surface area contributed by atoms with Crippen molar-refractivity contribution in [3.05, 3.63) is 11.6 Å². The molecule has 0 bridgehead atoms. The Morgan fingerprint density at radius 1 is 1.15 bits per heavy atom. The first-order chi connectivity index (χ1) is 9.26. The third-order valence-electron chi connectivity index (χ3n) is 2.52. The fraction of sp³-hybridized carbons (Fsp3) is 0.667. The lowest BCUT2D eigenvalue weighted by Gasteiger charge is -2.24. The molecule has 0 aromatic rings.